The zero-order chi connectivity index (χ0) is 14.7. The first-order valence-electron chi connectivity index (χ1n) is 7.13. The van der Waals surface area contributed by atoms with Crippen LogP contribution in [0.3, 0.4) is 0 Å². The summed E-state index contributed by atoms with van der Waals surface area (Å²) < 4.78 is 18.8. The molecule has 3 heterocycles. The zero-order valence-corrected chi connectivity index (χ0v) is 12.0. The summed E-state index contributed by atoms with van der Waals surface area (Å²) in [7, 11) is 0. The number of ether oxygens (including phenoxy) is 1. The molecular weight excluding hydrogens is 269 g/mol. The van der Waals surface area contributed by atoms with Crippen molar-refractivity contribution >= 4 is 0 Å². The fourth-order valence-electron chi connectivity index (χ4n) is 2.58. The number of likely N-dealkylation sites (tertiary alicyclic amines) is 1. The maximum atomic E-state index is 13.0. The van der Waals surface area contributed by atoms with E-state index in [1.165, 1.54) is 6.07 Å². The first kappa shape index (κ1) is 13.9. The molecule has 0 aliphatic carbocycles. The smallest absolute Gasteiger partial charge is 0.216 e. The Labute approximate surface area is 123 Å². The van der Waals surface area contributed by atoms with E-state index in [1.54, 1.807) is 12.1 Å². The standard InChI is InChI=1S/C16H18FN3O/c1-12-4-2-5-13(18-12)10-20-9-8-14(11-20)21-16-7-3-6-15(17)19-16/h2-7,14H,8-11H2,1H3. The molecule has 3 rings (SSSR count). The number of rotatable bonds is 4. The third-order valence-electron chi connectivity index (χ3n) is 3.54. The average Bonchev–Trinajstić information content (AvgIpc) is 2.86. The van der Waals surface area contributed by atoms with Crippen LogP contribution in [0, 0.1) is 12.9 Å². The maximum Gasteiger partial charge on any atom is 0.216 e. The third-order valence-corrected chi connectivity index (χ3v) is 3.54. The minimum Gasteiger partial charge on any atom is -0.473 e. The zero-order valence-electron chi connectivity index (χ0n) is 12.0. The topological polar surface area (TPSA) is 38.2 Å². The number of hydrogen-bond acceptors (Lipinski definition) is 4. The van der Waals surface area contributed by atoms with Crippen LogP contribution in [0.25, 0.3) is 0 Å². The second-order valence-electron chi connectivity index (χ2n) is 5.33. The predicted molar refractivity (Wildman–Crippen MR) is 77.5 cm³/mol. The third kappa shape index (κ3) is 3.76. The number of halogens is 1. The van der Waals surface area contributed by atoms with Crippen molar-refractivity contribution in [3.8, 4) is 5.88 Å². The van der Waals surface area contributed by atoms with Gasteiger partial charge >= 0.3 is 0 Å². The Morgan fingerprint density at radius 3 is 2.90 bits per heavy atom. The van der Waals surface area contributed by atoms with Crippen LogP contribution < -0.4 is 4.74 Å². The van der Waals surface area contributed by atoms with Crippen LogP contribution in [0.1, 0.15) is 17.8 Å². The van der Waals surface area contributed by atoms with E-state index in [2.05, 4.69) is 14.9 Å². The minimum atomic E-state index is -0.508. The van der Waals surface area contributed by atoms with E-state index in [-0.39, 0.29) is 6.10 Å². The monoisotopic (exact) mass is 287 g/mol. The Bertz CT molecular complexity index is 566. The number of nitrogens with zero attached hydrogens (tertiary/aromatic N) is 3. The van der Waals surface area contributed by atoms with Gasteiger partial charge in [-0.1, -0.05) is 12.1 Å². The van der Waals surface area contributed by atoms with Gasteiger partial charge in [0.15, 0.2) is 0 Å². The molecule has 1 saturated heterocycles. The van der Waals surface area contributed by atoms with Gasteiger partial charge in [-0.15, -0.1) is 0 Å². The van der Waals surface area contributed by atoms with Crippen molar-refractivity contribution in [2.75, 3.05) is 13.1 Å². The Kier molecular flexibility index (Phi) is 4.10. The van der Waals surface area contributed by atoms with Crippen molar-refractivity contribution in [1.82, 2.24) is 14.9 Å². The van der Waals surface area contributed by atoms with Gasteiger partial charge in [-0.2, -0.15) is 9.37 Å². The second-order valence-corrected chi connectivity index (χ2v) is 5.33. The van der Waals surface area contributed by atoms with Gasteiger partial charge in [-0.25, -0.2) is 0 Å². The predicted octanol–water partition coefficient (Wildman–Crippen LogP) is 2.58. The number of aryl methyl sites for hydroxylation is 1. The van der Waals surface area contributed by atoms with Crippen molar-refractivity contribution in [2.24, 2.45) is 0 Å². The number of aromatic nitrogens is 2. The minimum absolute atomic E-state index is 0.0594. The molecule has 0 aromatic carbocycles. The molecule has 2 aromatic heterocycles. The molecule has 1 fully saturated rings. The van der Waals surface area contributed by atoms with Crippen LogP contribution in [-0.4, -0.2) is 34.1 Å². The van der Waals surface area contributed by atoms with Crippen molar-refractivity contribution in [1.29, 1.82) is 0 Å². The molecule has 1 aliphatic heterocycles. The van der Waals surface area contributed by atoms with Gasteiger partial charge in [0.25, 0.3) is 0 Å². The summed E-state index contributed by atoms with van der Waals surface area (Å²) in [5.41, 5.74) is 2.10. The number of pyridine rings is 2. The quantitative estimate of drug-likeness (QED) is 0.810. The van der Waals surface area contributed by atoms with Gasteiger partial charge in [0.05, 0.1) is 5.69 Å². The largest absolute Gasteiger partial charge is 0.473 e. The lowest BCUT2D eigenvalue weighted by Crippen LogP contribution is -2.25. The summed E-state index contributed by atoms with van der Waals surface area (Å²) in [6.45, 7) is 4.58. The van der Waals surface area contributed by atoms with E-state index in [0.29, 0.717) is 5.88 Å². The lowest BCUT2D eigenvalue weighted by Gasteiger charge is -2.16. The molecule has 4 nitrogen and oxygen atoms in total. The van der Waals surface area contributed by atoms with Crippen LogP contribution >= 0.6 is 0 Å². The van der Waals surface area contributed by atoms with E-state index in [0.717, 1.165) is 37.4 Å². The molecule has 1 atom stereocenters. The van der Waals surface area contributed by atoms with Gasteiger partial charge in [-0.3, -0.25) is 9.88 Å². The highest BCUT2D eigenvalue weighted by molar-refractivity contribution is 5.12. The molecule has 1 aliphatic rings. The van der Waals surface area contributed by atoms with Crippen molar-refractivity contribution < 1.29 is 9.13 Å². The van der Waals surface area contributed by atoms with Gasteiger partial charge in [0.1, 0.15) is 6.10 Å². The molecule has 0 spiro atoms. The molecule has 0 radical (unpaired) electrons. The summed E-state index contributed by atoms with van der Waals surface area (Å²) in [4.78, 5) is 10.5. The molecule has 5 heteroatoms. The average molecular weight is 287 g/mol. The molecule has 0 saturated carbocycles. The van der Waals surface area contributed by atoms with Crippen molar-refractivity contribution in [3.05, 3.63) is 53.7 Å². The van der Waals surface area contributed by atoms with Gasteiger partial charge in [0.2, 0.25) is 11.8 Å². The Morgan fingerprint density at radius 2 is 2.10 bits per heavy atom. The molecule has 0 amide bonds. The second kappa shape index (κ2) is 6.18. The molecule has 0 N–H and O–H groups in total. The summed E-state index contributed by atoms with van der Waals surface area (Å²) in [6.07, 6.45) is 0.980. The highest BCUT2D eigenvalue weighted by Gasteiger charge is 2.24. The Hall–Kier alpha value is -2.01. The van der Waals surface area contributed by atoms with E-state index < -0.39 is 5.95 Å². The van der Waals surface area contributed by atoms with E-state index in [9.17, 15) is 4.39 Å². The summed E-state index contributed by atoms with van der Waals surface area (Å²) in [5, 5.41) is 0. The molecule has 1 unspecified atom stereocenters. The summed E-state index contributed by atoms with van der Waals surface area (Å²) >= 11 is 0. The molecule has 21 heavy (non-hydrogen) atoms. The lowest BCUT2D eigenvalue weighted by molar-refractivity contribution is 0.189. The molecule has 110 valence electrons. The van der Waals surface area contributed by atoms with Crippen LogP contribution in [0.5, 0.6) is 5.88 Å². The van der Waals surface area contributed by atoms with Crippen LogP contribution in [-0.2, 0) is 6.54 Å². The van der Waals surface area contributed by atoms with Crippen molar-refractivity contribution in [2.45, 2.75) is 26.0 Å². The fourth-order valence-corrected chi connectivity index (χ4v) is 2.58. The Balaban J connectivity index is 1.56. The van der Waals surface area contributed by atoms with E-state index in [1.807, 2.05) is 25.1 Å². The van der Waals surface area contributed by atoms with Crippen LogP contribution in [0.2, 0.25) is 0 Å². The lowest BCUT2D eigenvalue weighted by atomic mass is 10.3. The van der Waals surface area contributed by atoms with E-state index in [4.69, 9.17) is 4.74 Å². The highest BCUT2D eigenvalue weighted by atomic mass is 19.1. The van der Waals surface area contributed by atoms with Gasteiger partial charge in [0, 0.05) is 31.4 Å². The SMILES string of the molecule is Cc1cccc(CN2CCC(Oc3cccc(F)n3)C2)n1. The normalized spacial score (nSPS) is 18.9. The molecule has 0 bridgehead atoms. The fraction of sp³-hybridized carbons (Fsp3) is 0.375. The number of hydrogen-bond donors (Lipinski definition) is 0. The Morgan fingerprint density at radius 1 is 1.24 bits per heavy atom. The first-order chi connectivity index (χ1) is 10.2. The highest BCUT2D eigenvalue weighted by Crippen LogP contribution is 2.18. The van der Waals surface area contributed by atoms with Gasteiger partial charge < -0.3 is 4.74 Å². The van der Waals surface area contributed by atoms with Crippen LogP contribution in [0.4, 0.5) is 4.39 Å². The van der Waals surface area contributed by atoms with Crippen molar-refractivity contribution in [3.63, 3.8) is 0 Å². The summed E-state index contributed by atoms with van der Waals surface area (Å²) in [6, 6.07) is 10.7. The van der Waals surface area contributed by atoms with Gasteiger partial charge in [-0.05, 0) is 31.5 Å². The first-order valence-corrected chi connectivity index (χ1v) is 7.13. The molecular formula is C16H18FN3O. The van der Waals surface area contributed by atoms with Crippen LogP contribution in [0.15, 0.2) is 36.4 Å². The summed E-state index contributed by atoms with van der Waals surface area (Å²) in [5.74, 6) is -0.151. The van der Waals surface area contributed by atoms with E-state index >= 15 is 0 Å². The molecule has 2 aromatic rings. The maximum absolute atomic E-state index is 13.0.